The standard InChI is InChI=1S/C9H17NO2/c1-3-4-5-9(11)10-6-7-12-8(10)2/h8H,3-7H2,1-2H3. The molecule has 1 atom stereocenters. The predicted octanol–water partition coefficient (Wildman–Crippen LogP) is 1.38. The summed E-state index contributed by atoms with van der Waals surface area (Å²) in [5.74, 6) is 0.238. The summed E-state index contributed by atoms with van der Waals surface area (Å²) in [7, 11) is 0. The van der Waals surface area contributed by atoms with Crippen LogP contribution in [0.1, 0.15) is 33.1 Å². The van der Waals surface area contributed by atoms with Gasteiger partial charge in [0.2, 0.25) is 5.91 Å². The zero-order valence-corrected chi connectivity index (χ0v) is 7.88. The van der Waals surface area contributed by atoms with Crippen LogP contribution >= 0.6 is 0 Å². The molecular formula is C9H17NO2. The van der Waals surface area contributed by atoms with Crippen LogP contribution in [0.3, 0.4) is 0 Å². The molecule has 1 unspecified atom stereocenters. The van der Waals surface area contributed by atoms with Crippen LogP contribution in [-0.2, 0) is 9.53 Å². The van der Waals surface area contributed by atoms with Crippen molar-refractivity contribution in [2.24, 2.45) is 0 Å². The Morgan fingerprint density at radius 2 is 2.42 bits per heavy atom. The van der Waals surface area contributed by atoms with Gasteiger partial charge in [-0.05, 0) is 13.3 Å². The summed E-state index contributed by atoms with van der Waals surface area (Å²) in [5.41, 5.74) is 0. The van der Waals surface area contributed by atoms with E-state index in [1.54, 1.807) is 0 Å². The highest BCUT2D eigenvalue weighted by atomic mass is 16.5. The normalized spacial score (nSPS) is 23.2. The third kappa shape index (κ3) is 2.21. The SMILES string of the molecule is CCCCC(=O)N1CCOC1C. The van der Waals surface area contributed by atoms with E-state index in [9.17, 15) is 4.79 Å². The lowest BCUT2D eigenvalue weighted by Gasteiger charge is -2.19. The number of amides is 1. The third-order valence-electron chi connectivity index (χ3n) is 2.19. The molecule has 1 heterocycles. The first-order valence-corrected chi connectivity index (χ1v) is 4.66. The van der Waals surface area contributed by atoms with Gasteiger partial charge in [0, 0.05) is 13.0 Å². The second kappa shape index (κ2) is 4.45. The summed E-state index contributed by atoms with van der Waals surface area (Å²) in [6, 6.07) is 0. The molecule has 0 aromatic carbocycles. The van der Waals surface area contributed by atoms with Crippen molar-refractivity contribution in [2.45, 2.75) is 39.3 Å². The molecule has 12 heavy (non-hydrogen) atoms. The Hall–Kier alpha value is -0.570. The van der Waals surface area contributed by atoms with Crippen LogP contribution in [0.5, 0.6) is 0 Å². The van der Waals surface area contributed by atoms with Gasteiger partial charge in [-0.25, -0.2) is 0 Å². The Labute approximate surface area is 73.7 Å². The molecule has 0 spiro atoms. The molecule has 1 rings (SSSR count). The molecule has 1 saturated heterocycles. The van der Waals surface area contributed by atoms with Gasteiger partial charge in [-0.3, -0.25) is 4.79 Å². The molecular weight excluding hydrogens is 154 g/mol. The van der Waals surface area contributed by atoms with E-state index >= 15 is 0 Å². The van der Waals surface area contributed by atoms with Crippen LogP contribution in [0.25, 0.3) is 0 Å². The minimum absolute atomic E-state index is 0.00523. The number of hydrogen-bond donors (Lipinski definition) is 0. The summed E-state index contributed by atoms with van der Waals surface area (Å²) in [6.45, 7) is 5.48. The van der Waals surface area contributed by atoms with Crippen molar-refractivity contribution in [3.8, 4) is 0 Å². The van der Waals surface area contributed by atoms with Crippen LogP contribution < -0.4 is 0 Å². The molecule has 0 aliphatic carbocycles. The quantitative estimate of drug-likeness (QED) is 0.642. The highest BCUT2D eigenvalue weighted by Gasteiger charge is 2.24. The van der Waals surface area contributed by atoms with Crippen LogP contribution in [0, 0.1) is 0 Å². The number of nitrogens with zero attached hydrogens (tertiary/aromatic N) is 1. The monoisotopic (exact) mass is 171 g/mol. The number of hydrogen-bond acceptors (Lipinski definition) is 2. The van der Waals surface area contributed by atoms with E-state index in [-0.39, 0.29) is 12.1 Å². The van der Waals surface area contributed by atoms with Gasteiger partial charge in [0.25, 0.3) is 0 Å². The van der Waals surface area contributed by atoms with Gasteiger partial charge in [0.15, 0.2) is 0 Å². The number of rotatable bonds is 3. The van der Waals surface area contributed by atoms with Crippen molar-refractivity contribution in [2.75, 3.05) is 13.2 Å². The molecule has 0 saturated carbocycles. The molecule has 0 radical (unpaired) electrons. The number of unbranched alkanes of at least 4 members (excludes halogenated alkanes) is 1. The fourth-order valence-electron chi connectivity index (χ4n) is 1.39. The van der Waals surface area contributed by atoms with E-state index in [1.807, 2.05) is 11.8 Å². The van der Waals surface area contributed by atoms with Crippen LogP contribution in [0.4, 0.5) is 0 Å². The minimum atomic E-state index is -0.00523. The number of carbonyl (C=O) groups is 1. The fraction of sp³-hybridized carbons (Fsp3) is 0.889. The molecule has 0 bridgehead atoms. The number of carbonyl (C=O) groups excluding carboxylic acids is 1. The van der Waals surface area contributed by atoms with E-state index in [0.29, 0.717) is 13.0 Å². The average molecular weight is 171 g/mol. The summed E-state index contributed by atoms with van der Waals surface area (Å²) < 4.78 is 5.27. The van der Waals surface area contributed by atoms with E-state index in [1.165, 1.54) is 0 Å². The maximum atomic E-state index is 11.5. The van der Waals surface area contributed by atoms with Crippen molar-refractivity contribution in [1.82, 2.24) is 4.90 Å². The second-order valence-electron chi connectivity index (χ2n) is 3.16. The Morgan fingerprint density at radius 3 is 2.92 bits per heavy atom. The molecule has 70 valence electrons. The maximum Gasteiger partial charge on any atom is 0.224 e. The van der Waals surface area contributed by atoms with Crippen LogP contribution in [-0.4, -0.2) is 30.2 Å². The van der Waals surface area contributed by atoms with Crippen molar-refractivity contribution >= 4 is 5.91 Å². The maximum absolute atomic E-state index is 11.5. The van der Waals surface area contributed by atoms with E-state index in [4.69, 9.17) is 4.74 Å². The van der Waals surface area contributed by atoms with Crippen molar-refractivity contribution < 1.29 is 9.53 Å². The van der Waals surface area contributed by atoms with Crippen molar-refractivity contribution in [3.05, 3.63) is 0 Å². The van der Waals surface area contributed by atoms with E-state index in [2.05, 4.69) is 6.92 Å². The molecule has 3 heteroatoms. The summed E-state index contributed by atoms with van der Waals surface area (Å²) >= 11 is 0. The van der Waals surface area contributed by atoms with Gasteiger partial charge >= 0.3 is 0 Å². The highest BCUT2D eigenvalue weighted by molar-refractivity contribution is 5.76. The Morgan fingerprint density at radius 1 is 1.67 bits per heavy atom. The van der Waals surface area contributed by atoms with Crippen LogP contribution in [0.2, 0.25) is 0 Å². The van der Waals surface area contributed by atoms with Gasteiger partial charge in [-0.1, -0.05) is 13.3 Å². The smallest absolute Gasteiger partial charge is 0.224 e. The molecule has 3 nitrogen and oxygen atoms in total. The summed E-state index contributed by atoms with van der Waals surface area (Å²) in [5, 5.41) is 0. The largest absolute Gasteiger partial charge is 0.357 e. The highest BCUT2D eigenvalue weighted by Crippen LogP contribution is 2.11. The van der Waals surface area contributed by atoms with E-state index < -0.39 is 0 Å². The minimum Gasteiger partial charge on any atom is -0.357 e. The molecule has 1 aliphatic heterocycles. The average Bonchev–Trinajstić information content (AvgIpc) is 2.47. The van der Waals surface area contributed by atoms with Gasteiger partial charge in [0.05, 0.1) is 6.61 Å². The zero-order valence-electron chi connectivity index (χ0n) is 7.88. The molecule has 1 fully saturated rings. The van der Waals surface area contributed by atoms with Gasteiger partial charge in [0.1, 0.15) is 6.23 Å². The molecule has 0 N–H and O–H groups in total. The first-order valence-electron chi connectivity index (χ1n) is 4.66. The topological polar surface area (TPSA) is 29.5 Å². The lowest BCUT2D eigenvalue weighted by molar-refractivity contribution is -0.135. The first-order chi connectivity index (χ1) is 5.75. The molecule has 0 aromatic heterocycles. The predicted molar refractivity (Wildman–Crippen MR) is 46.7 cm³/mol. The van der Waals surface area contributed by atoms with Crippen molar-refractivity contribution in [1.29, 1.82) is 0 Å². The molecule has 0 aromatic rings. The third-order valence-corrected chi connectivity index (χ3v) is 2.19. The fourth-order valence-corrected chi connectivity index (χ4v) is 1.39. The lowest BCUT2D eigenvalue weighted by Crippen LogP contribution is -2.33. The zero-order chi connectivity index (χ0) is 8.97. The van der Waals surface area contributed by atoms with Crippen LogP contribution in [0.15, 0.2) is 0 Å². The number of ether oxygens (including phenoxy) is 1. The van der Waals surface area contributed by atoms with Gasteiger partial charge in [-0.15, -0.1) is 0 Å². The molecule has 1 aliphatic rings. The second-order valence-corrected chi connectivity index (χ2v) is 3.16. The molecule has 1 amide bonds. The van der Waals surface area contributed by atoms with E-state index in [0.717, 1.165) is 19.4 Å². The van der Waals surface area contributed by atoms with Gasteiger partial charge < -0.3 is 9.64 Å². The van der Waals surface area contributed by atoms with Gasteiger partial charge in [-0.2, -0.15) is 0 Å². The Bertz CT molecular complexity index is 159. The first kappa shape index (κ1) is 9.52. The lowest BCUT2D eigenvalue weighted by atomic mass is 10.2. The summed E-state index contributed by atoms with van der Waals surface area (Å²) in [4.78, 5) is 13.3. The van der Waals surface area contributed by atoms with Crippen molar-refractivity contribution in [3.63, 3.8) is 0 Å². The Balaban J connectivity index is 2.30. The Kier molecular flexibility index (Phi) is 3.53. The summed E-state index contributed by atoms with van der Waals surface area (Å²) in [6.07, 6.45) is 2.73.